The van der Waals surface area contributed by atoms with Crippen molar-refractivity contribution >= 4 is 0 Å². The lowest BCUT2D eigenvalue weighted by atomic mass is 10.0. The first-order valence-corrected chi connectivity index (χ1v) is 6.16. The lowest BCUT2D eigenvalue weighted by Gasteiger charge is -2.34. The molecule has 1 heterocycles. The van der Waals surface area contributed by atoms with E-state index in [4.69, 9.17) is 4.74 Å². The van der Waals surface area contributed by atoms with Crippen molar-refractivity contribution in [3.05, 3.63) is 0 Å². The first-order chi connectivity index (χ1) is 7.24. The number of aliphatic hydroxyl groups excluding tert-OH is 1. The topological polar surface area (TPSA) is 32.7 Å². The number of hydrogen-bond donors (Lipinski definition) is 1. The molecular weight excluding hydrogens is 190 g/mol. The smallest absolute Gasteiger partial charge is 0.0593 e. The summed E-state index contributed by atoms with van der Waals surface area (Å²) >= 11 is 0. The second-order valence-electron chi connectivity index (χ2n) is 4.84. The molecule has 1 saturated heterocycles. The van der Waals surface area contributed by atoms with Crippen LogP contribution < -0.4 is 0 Å². The van der Waals surface area contributed by atoms with Crippen molar-refractivity contribution in [2.75, 3.05) is 32.9 Å². The summed E-state index contributed by atoms with van der Waals surface area (Å²) in [6, 6.07) is 0.376. The molecule has 0 saturated carbocycles. The number of hydrogen-bond acceptors (Lipinski definition) is 3. The Hall–Kier alpha value is -0.120. The third kappa shape index (κ3) is 4.96. The summed E-state index contributed by atoms with van der Waals surface area (Å²) in [5.74, 6) is 0.611. The van der Waals surface area contributed by atoms with Crippen molar-refractivity contribution in [1.29, 1.82) is 0 Å². The van der Waals surface area contributed by atoms with Crippen LogP contribution in [0.25, 0.3) is 0 Å². The number of likely N-dealkylation sites (tertiary alicyclic amines) is 1. The molecule has 0 unspecified atom stereocenters. The lowest BCUT2D eigenvalue weighted by Crippen LogP contribution is -2.43. The predicted molar refractivity (Wildman–Crippen MR) is 62.0 cm³/mol. The van der Waals surface area contributed by atoms with Gasteiger partial charge < -0.3 is 9.84 Å². The Morgan fingerprint density at radius 3 is 2.87 bits per heavy atom. The second kappa shape index (κ2) is 7.20. The summed E-state index contributed by atoms with van der Waals surface area (Å²) in [4.78, 5) is 2.36. The van der Waals surface area contributed by atoms with Crippen molar-refractivity contribution in [3.8, 4) is 0 Å². The van der Waals surface area contributed by atoms with Gasteiger partial charge in [0.2, 0.25) is 0 Å². The molecule has 1 aliphatic rings. The van der Waals surface area contributed by atoms with Crippen LogP contribution in [-0.2, 0) is 4.74 Å². The Kier molecular flexibility index (Phi) is 6.22. The maximum atomic E-state index is 9.22. The van der Waals surface area contributed by atoms with E-state index in [9.17, 15) is 5.11 Å². The summed E-state index contributed by atoms with van der Waals surface area (Å²) in [5.41, 5.74) is 0. The average Bonchev–Trinajstić information content (AvgIpc) is 2.24. The van der Waals surface area contributed by atoms with E-state index in [0.717, 1.165) is 32.7 Å². The van der Waals surface area contributed by atoms with Crippen LogP contribution in [0.5, 0.6) is 0 Å². The van der Waals surface area contributed by atoms with Crippen LogP contribution in [0.3, 0.4) is 0 Å². The SMILES string of the molecule is CC(C)COCCN1CCCC[C@@H]1CO. The molecule has 0 bridgehead atoms. The number of aliphatic hydroxyl groups is 1. The van der Waals surface area contributed by atoms with Crippen molar-refractivity contribution in [3.63, 3.8) is 0 Å². The molecule has 0 aromatic carbocycles. The van der Waals surface area contributed by atoms with E-state index < -0.39 is 0 Å². The van der Waals surface area contributed by atoms with Crippen molar-refractivity contribution in [2.45, 2.75) is 39.2 Å². The summed E-state index contributed by atoms with van der Waals surface area (Å²) in [7, 11) is 0. The third-order valence-corrected chi connectivity index (χ3v) is 2.93. The first-order valence-electron chi connectivity index (χ1n) is 6.16. The Morgan fingerprint density at radius 1 is 1.40 bits per heavy atom. The van der Waals surface area contributed by atoms with Gasteiger partial charge in [0, 0.05) is 19.2 Å². The Balaban J connectivity index is 2.12. The molecule has 1 aliphatic heterocycles. The zero-order valence-electron chi connectivity index (χ0n) is 10.1. The lowest BCUT2D eigenvalue weighted by molar-refractivity contribution is 0.0418. The molecule has 0 aromatic heterocycles. The normalized spacial score (nSPS) is 23.6. The monoisotopic (exact) mass is 215 g/mol. The van der Waals surface area contributed by atoms with Crippen LogP contribution in [0, 0.1) is 5.92 Å². The van der Waals surface area contributed by atoms with Crippen molar-refractivity contribution in [1.82, 2.24) is 4.90 Å². The van der Waals surface area contributed by atoms with Gasteiger partial charge in [0.05, 0.1) is 13.2 Å². The minimum atomic E-state index is 0.296. The molecule has 0 amide bonds. The number of rotatable bonds is 6. The molecule has 90 valence electrons. The first kappa shape index (κ1) is 12.9. The van der Waals surface area contributed by atoms with Gasteiger partial charge in [-0.05, 0) is 25.3 Å². The quantitative estimate of drug-likeness (QED) is 0.682. The van der Waals surface area contributed by atoms with Crippen LogP contribution in [0.15, 0.2) is 0 Å². The standard InChI is InChI=1S/C12H25NO2/c1-11(2)10-15-8-7-13-6-4-3-5-12(13)9-14/h11-12,14H,3-10H2,1-2H3/t12-/m1/s1. The van der Waals surface area contributed by atoms with Crippen LogP contribution in [0.4, 0.5) is 0 Å². The van der Waals surface area contributed by atoms with E-state index in [2.05, 4.69) is 18.7 Å². The van der Waals surface area contributed by atoms with Crippen LogP contribution >= 0.6 is 0 Å². The molecule has 3 nitrogen and oxygen atoms in total. The van der Waals surface area contributed by atoms with Gasteiger partial charge in [-0.3, -0.25) is 4.90 Å². The molecular formula is C12H25NO2. The second-order valence-corrected chi connectivity index (χ2v) is 4.84. The van der Waals surface area contributed by atoms with Gasteiger partial charge in [0.1, 0.15) is 0 Å². The largest absolute Gasteiger partial charge is 0.395 e. The number of nitrogens with zero attached hydrogens (tertiary/aromatic N) is 1. The number of ether oxygens (including phenoxy) is 1. The van der Waals surface area contributed by atoms with Crippen LogP contribution in [0.2, 0.25) is 0 Å². The third-order valence-electron chi connectivity index (χ3n) is 2.93. The highest BCUT2D eigenvalue weighted by Gasteiger charge is 2.20. The molecule has 0 spiro atoms. The van der Waals surface area contributed by atoms with Gasteiger partial charge in [0.25, 0.3) is 0 Å². The highest BCUT2D eigenvalue weighted by Crippen LogP contribution is 2.15. The summed E-state index contributed by atoms with van der Waals surface area (Å²) in [6.45, 7) is 8.36. The Bertz CT molecular complexity index is 162. The maximum Gasteiger partial charge on any atom is 0.0593 e. The molecule has 0 aromatic rings. The highest BCUT2D eigenvalue weighted by atomic mass is 16.5. The zero-order valence-corrected chi connectivity index (χ0v) is 10.1. The Morgan fingerprint density at radius 2 is 2.20 bits per heavy atom. The molecule has 1 rings (SSSR count). The van der Waals surface area contributed by atoms with Crippen molar-refractivity contribution < 1.29 is 9.84 Å². The van der Waals surface area contributed by atoms with Gasteiger partial charge >= 0.3 is 0 Å². The van der Waals surface area contributed by atoms with Gasteiger partial charge in [-0.15, -0.1) is 0 Å². The van der Waals surface area contributed by atoms with Crippen molar-refractivity contribution in [2.24, 2.45) is 5.92 Å². The van der Waals surface area contributed by atoms with Gasteiger partial charge in [0.15, 0.2) is 0 Å². The van der Waals surface area contributed by atoms with E-state index in [-0.39, 0.29) is 0 Å². The number of piperidine rings is 1. The predicted octanol–water partition coefficient (Wildman–Crippen LogP) is 1.51. The van der Waals surface area contributed by atoms with E-state index in [1.54, 1.807) is 0 Å². The van der Waals surface area contributed by atoms with Gasteiger partial charge in [-0.1, -0.05) is 20.3 Å². The maximum absolute atomic E-state index is 9.22. The highest BCUT2D eigenvalue weighted by molar-refractivity contribution is 4.75. The van der Waals surface area contributed by atoms with E-state index in [0.29, 0.717) is 18.6 Å². The van der Waals surface area contributed by atoms with E-state index in [1.807, 2.05) is 0 Å². The minimum Gasteiger partial charge on any atom is -0.395 e. The summed E-state index contributed by atoms with van der Waals surface area (Å²) < 4.78 is 5.57. The summed E-state index contributed by atoms with van der Waals surface area (Å²) in [6.07, 6.45) is 3.66. The zero-order chi connectivity index (χ0) is 11.1. The van der Waals surface area contributed by atoms with Crippen LogP contribution in [-0.4, -0.2) is 49.0 Å². The molecule has 0 radical (unpaired) electrons. The van der Waals surface area contributed by atoms with Crippen LogP contribution in [0.1, 0.15) is 33.1 Å². The molecule has 1 N–H and O–H groups in total. The van der Waals surface area contributed by atoms with Gasteiger partial charge in [-0.2, -0.15) is 0 Å². The van der Waals surface area contributed by atoms with E-state index in [1.165, 1.54) is 12.8 Å². The fraction of sp³-hybridized carbons (Fsp3) is 1.00. The van der Waals surface area contributed by atoms with E-state index >= 15 is 0 Å². The molecule has 3 heteroatoms. The molecule has 15 heavy (non-hydrogen) atoms. The fourth-order valence-electron chi connectivity index (χ4n) is 2.06. The molecule has 1 fully saturated rings. The Labute approximate surface area is 93.4 Å². The fourth-order valence-corrected chi connectivity index (χ4v) is 2.06. The molecule has 0 aliphatic carbocycles. The van der Waals surface area contributed by atoms with Gasteiger partial charge in [-0.25, -0.2) is 0 Å². The summed E-state index contributed by atoms with van der Waals surface area (Å²) in [5, 5.41) is 9.22. The minimum absolute atomic E-state index is 0.296. The molecule has 1 atom stereocenters. The average molecular weight is 215 g/mol.